The van der Waals surface area contributed by atoms with Gasteiger partial charge in [0.1, 0.15) is 11.5 Å². The maximum Gasteiger partial charge on any atom is 0.335 e. The molecule has 0 saturated carbocycles. The van der Waals surface area contributed by atoms with Gasteiger partial charge in [0.2, 0.25) is 0 Å². The zero-order chi connectivity index (χ0) is 24.8. The van der Waals surface area contributed by atoms with Crippen molar-refractivity contribution >= 4 is 23.8 Å². The Hall–Kier alpha value is -4.97. The van der Waals surface area contributed by atoms with E-state index in [2.05, 4.69) is 0 Å². The molecule has 0 fully saturated rings. The second-order valence-electron chi connectivity index (χ2n) is 7.67. The van der Waals surface area contributed by atoms with Crippen LogP contribution in [0.1, 0.15) is 36.6 Å². The molecule has 2 N–H and O–H groups in total. The van der Waals surface area contributed by atoms with Crippen LogP contribution >= 0.6 is 0 Å². The second kappa shape index (κ2) is 10.3. The van der Waals surface area contributed by atoms with Crippen LogP contribution in [0.3, 0.4) is 0 Å². The lowest BCUT2D eigenvalue weighted by atomic mass is 10.0. The largest absolute Gasteiger partial charge is 0.478 e. The van der Waals surface area contributed by atoms with Crippen molar-refractivity contribution < 1.29 is 29.3 Å². The van der Waals surface area contributed by atoms with E-state index in [9.17, 15) is 24.6 Å². The first-order valence-electron chi connectivity index (χ1n) is 10.7. The summed E-state index contributed by atoms with van der Waals surface area (Å²) in [6, 6.07) is 27.5. The van der Waals surface area contributed by atoms with Crippen LogP contribution in [0.4, 0.5) is 0 Å². The molecule has 0 spiro atoms. The Morgan fingerprint density at radius 2 is 1.14 bits per heavy atom. The number of hydrogen-bond acceptors (Lipinski definition) is 4. The monoisotopic (exact) mass is 464 g/mol. The third kappa shape index (κ3) is 5.89. The van der Waals surface area contributed by atoms with Crippen molar-refractivity contribution in [2.75, 3.05) is 0 Å². The van der Waals surface area contributed by atoms with Crippen LogP contribution in [0.25, 0.3) is 17.2 Å². The molecule has 172 valence electrons. The van der Waals surface area contributed by atoms with Gasteiger partial charge in [0.15, 0.2) is 5.78 Å². The molecule has 4 aromatic rings. The number of rotatable bonds is 8. The lowest BCUT2D eigenvalue weighted by Crippen LogP contribution is -2.03. The van der Waals surface area contributed by atoms with Gasteiger partial charge in [-0.15, -0.1) is 0 Å². The third-order valence-electron chi connectivity index (χ3n) is 5.22. The van der Waals surface area contributed by atoms with Crippen molar-refractivity contribution in [3.63, 3.8) is 0 Å². The molecule has 0 radical (unpaired) electrons. The summed E-state index contributed by atoms with van der Waals surface area (Å²) in [5.41, 5.74) is 3.08. The van der Waals surface area contributed by atoms with Crippen molar-refractivity contribution in [1.29, 1.82) is 0 Å². The Morgan fingerprint density at radius 3 is 1.69 bits per heavy atom. The minimum atomic E-state index is -1.24. The Morgan fingerprint density at radius 1 is 0.600 bits per heavy atom. The highest BCUT2D eigenvalue weighted by atomic mass is 16.5. The van der Waals surface area contributed by atoms with Gasteiger partial charge in [-0.05, 0) is 53.1 Å². The Kier molecular flexibility index (Phi) is 6.83. The highest BCUT2D eigenvalue weighted by molar-refractivity contribution is 6.06. The molecule has 4 aromatic carbocycles. The van der Waals surface area contributed by atoms with E-state index in [1.807, 2.05) is 54.6 Å². The van der Waals surface area contributed by atoms with E-state index in [4.69, 9.17) is 4.74 Å². The van der Waals surface area contributed by atoms with Gasteiger partial charge in [0.25, 0.3) is 0 Å². The molecule has 4 rings (SSSR count). The Labute approximate surface area is 201 Å². The van der Waals surface area contributed by atoms with E-state index >= 15 is 0 Å². The van der Waals surface area contributed by atoms with Crippen LogP contribution in [-0.2, 0) is 0 Å². The topological polar surface area (TPSA) is 101 Å². The standard InChI is InChI=1S/C29H20O6/c30-27(22-4-2-1-3-5-22)15-8-19-6-9-20(10-7-19)21-11-13-25(14-12-21)35-26-17-23(28(31)32)16-24(18-26)29(33)34/h1-18H,(H,31,32)(H,33,34)/b15-8+. The van der Waals surface area contributed by atoms with Crippen LogP contribution in [0.15, 0.2) is 103 Å². The van der Waals surface area contributed by atoms with Crippen molar-refractivity contribution in [2.45, 2.75) is 0 Å². The molecule has 0 bridgehead atoms. The molecule has 0 saturated heterocycles. The molecular formula is C29H20O6. The van der Waals surface area contributed by atoms with Gasteiger partial charge in [0, 0.05) is 5.56 Å². The average Bonchev–Trinajstić information content (AvgIpc) is 2.88. The number of ketones is 1. The number of allylic oxidation sites excluding steroid dienone is 1. The van der Waals surface area contributed by atoms with Gasteiger partial charge in [-0.25, -0.2) is 9.59 Å². The first-order chi connectivity index (χ1) is 16.9. The molecule has 0 amide bonds. The van der Waals surface area contributed by atoms with Gasteiger partial charge in [0.05, 0.1) is 11.1 Å². The predicted octanol–water partition coefficient (Wildman–Crippen LogP) is 6.44. The normalized spacial score (nSPS) is 10.7. The number of carboxylic acids is 2. The molecule has 0 aliphatic heterocycles. The SMILES string of the molecule is O=C(O)c1cc(Oc2ccc(-c3ccc(/C=C/C(=O)c4ccccc4)cc3)cc2)cc(C(=O)O)c1. The number of aromatic carboxylic acids is 2. The first kappa shape index (κ1) is 23.2. The smallest absolute Gasteiger partial charge is 0.335 e. The summed E-state index contributed by atoms with van der Waals surface area (Å²) in [4.78, 5) is 34.8. The average molecular weight is 464 g/mol. The van der Waals surface area contributed by atoms with Crippen LogP contribution in [-0.4, -0.2) is 27.9 Å². The number of hydrogen-bond donors (Lipinski definition) is 2. The van der Waals surface area contributed by atoms with Crippen molar-refractivity contribution in [3.8, 4) is 22.6 Å². The van der Waals surface area contributed by atoms with Crippen LogP contribution < -0.4 is 4.74 Å². The molecule has 6 heteroatoms. The van der Waals surface area contributed by atoms with Crippen molar-refractivity contribution in [3.05, 3.63) is 125 Å². The lowest BCUT2D eigenvalue weighted by Gasteiger charge is -2.09. The summed E-state index contributed by atoms with van der Waals surface area (Å²) in [6.45, 7) is 0. The van der Waals surface area contributed by atoms with Gasteiger partial charge in [-0.3, -0.25) is 4.79 Å². The van der Waals surface area contributed by atoms with Gasteiger partial charge in [-0.2, -0.15) is 0 Å². The zero-order valence-corrected chi connectivity index (χ0v) is 18.4. The summed E-state index contributed by atoms with van der Waals surface area (Å²) in [6.07, 6.45) is 3.32. The van der Waals surface area contributed by atoms with Gasteiger partial charge in [-0.1, -0.05) is 72.8 Å². The van der Waals surface area contributed by atoms with Crippen LogP contribution in [0.2, 0.25) is 0 Å². The summed E-state index contributed by atoms with van der Waals surface area (Å²) in [5, 5.41) is 18.4. The Balaban J connectivity index is 1.45. The van der Waals surface area contributed by atoms with Crippen molar-refractivity contribution in [1.82, 2.24) is 0 Å². The molecule has 6 nitrogen and oxygen atoms in total. The summed E-state index contributed by atoms with van der Waals surface area (Å²) in [7, 11) is 0. The van der Waals surface area contributed by atoms with E-state index < -0.39 is 11.9 Å². The van der Waals surface area contributed by atoms with E-state index in [0.717, 1.165) is 22.8 Å². The van der Waals surface area contributed by atoms with E-state index in [-0.39, 0.29) is 22.7 Å². The molecule has 0 atom stereocenters. The molecule has 0 aliphatic rings. The fraction of sp³-hybridized carbons (Fsp3) is 0. The number of carbonyl (C=O) groups excluding carboxylic acids is 1. The van der Waals surface area contributed by atoms with Crippen LogP contribution in [0.5, 0.6) is 11.5 Å². The van der Waals surface area contributed by atoms with Crippen molar-refractivity contribution in [2.24, 2.45) is 0 Å². The number of carbonyl (C=O) groups is 3. The summed E-state index contributed by atoms with van der Waals surface area (Å²) in [5.74, 6) is -1.98. The number of benzene rings is 4. The third-order valence-corrected chi connectivity index (χ3v) is 5.22. The van der Waals surface area contributed by atoms with E-state index in [0.29, 0.717) is 11.3 Å². The fourth-order valence-corrected chi connectivity index (χ4v) is 3.41. The van der Waals surface area contributed by atoms with Gasteiger partial charge < -0.3 is 14.9 Å². The highest BCUT2D eigenvalue weighted by Crippen LogP contribution is 2.28. The molecule has 0 unspecified atom stereocenters. The number of ether oxygens (including phenoxy) is 1. The summed E-state index contributed by atoms with van der Waals surface area (Å²) < 4.78 is 5.69. The number of carboxylic acid groups (broad SMARTS) is 2. The molecular weight excluding hydrogens is 444 g/mol. The van der Waals surface area contributed by atoms with E-state index in [1.54, 1.807) is 36.4 Å². The quantitative estimate of drug-likeness (QED) is 0.230. The minimum absolute atomic E-state index is 0.0605. The maximum absolute atomic E-state index is 12.2. The molecule has 0 aliphatic carbocycles. The fourth-order valence-electron chi connectivity index (χ4n) is 3.41. The first-order valence-corrected chi connectivity index (χ1v) is 10.7. The van der Waals surface area contributed by atoms with E-state index in [1.165, 1.54) is 12.1 Å². The van der Waals surface area contributed by atoms with Gasteiger partial charge >= 0.3 is 11.9 Å². The molecule has 0 heterocycles. The molecule has 35 heavy (non-hydrogen) atoms. The summed E-state index contributed by atoms with van der Waals surface area (Å²) >= 11 is 0. The highest BCUT2D eigenvalue weighted by Gasteiger charge is 2.13. The molecule has 0 aromatic heterocycles. The maximum atomic E-state index is 12.2. The Bertz CT molecular complexity index is 1370. The lowest BCUT2D eigenvalue weighted by molar-refractivity contribution is 0.0696. The van der Waals surface area contributed by atoms with Crippen LogP contribution in [0, 0.1) is 0 Å². The minimum Gasteiger partial charge on any atom is -0.478 e. The zero-order valence-electron chi connectivity index (χ0n) is 18.4. The second-order valence-corrected chi connectivity index (χ2v) is 7.67. The predicted molar refractivity (Wildman–Crippen MR) is 132 cm³/mol.